The first-order chi connectivity index (χ1) is 11.4. The Labute approximate surface area is 143 Å². The monoisotopic (exact) mass is 333 g/mol. The van der Waals surface area contributed by atoms with Gasteiger partial charge in [0.05, 0.1) is 18.8 Å². The number of carbonyl (C=O) groups excluding carboxylic acids is 2. The van der Waals surface area contributed by atoms with Crippen LogP contribution in [0.25, 0.3) is 0 Å². The Morgan fingerprint density at radius 1 is 1.29 bits per heavy atom. The fourth-order valence-corrected chi connectivity index (χ4v) is 3.07. The molecule has 0 saturated carbocycles. The Bertz CT molecular complexity index is 583. The molecular formula is C18H27N3O3. The van der Waals surface area contributed by atoms with E-state index in [0.29, 0.717) is 11.4 Å². The number of amides is 2. The summed E-state index contributed by atoms with van der Waals surface area (Å²) in [5, 5.41) is 2.94. The van der Waals surface area contributed by atoms with E-state index in [1.807, 2.05) is 38.2 Å². The van der Waals surface area contributed by atoms with Crippen molar-refractivity contribution in [3.63, 3.8) is 0 Å². The van der Waals surface area contributed by atoms with Crippen LogP contribution in [0.5, 0.6) is 5.75 Å². The number of para-hydroxylation sites is 2. The molecule has 6 heteroatoms. The highest BCUT2D eigenvalue weighted by Crippen LogP contribution is 2.24. The van der Waals surface area contributed by atoms with Gasteiger partial charge in [0, 0.05) is 33.1 Å². The van der Waals surface area contributed by atoms with Gasteiger partial charge in [0.15, 0.2) is 0 Å². The normalized spacial score (nSPS) is 17.2. The first-order valence-corrected chi connectivity index (χ1v) is 8.35. The first-order valence-electron chi connectivity index (χ1n) is 8.35. The molecule has 2 amide bonds. The van der Waals surface area contributed by atoms with E-state index in [-0.39, 0.29) is 23.9 Å². The van der Waals surface area contributed by atoms with Gasteiger partial charge in [0.25, 0.3) is 0 Å². The second kappa shape index (κ2) is 8.15. The van der Waals surface area contributed by atoms with Crippen molar-refractivity contribution < 1.29 is 14.3 Å². The Morgan fingerprint density at radius 3 is 2.50 bits per heavy atom. The summed E-state index contributed by atoms with van der Waals surface area (Å²) in [6.07, 6.45) is 1.78. The number of likely N-dealkylation sites (tertiary alicyclic amines) is 1. The number of anilines is 1. The van der Waals surface area contributed by atoms with Crippen molar-refractivity contribution in [1.82, 2.24) is 9.80 Å². The topological polar surface area (TPSA) is 61.9 Å². The third-order valence-corrected chi connectivity index (χ3v) is 4.84. The van der Waals surface area contributed by atoms with Crippen LogP contribution in [0.1, 0.15) is 26.7 Å². The number of carbonyl (C=O) groups is 2. The summed E-state index contributed by atoms with van der Waals surface area (Å²) < 4.78 is 5.27. The number of nitrogens with zero attached hydrogens (tertiary/aromatic N) is 2. The molecule has 2 rings (SSSR count). The lowest BCUT2D eigenvalue weighted by Gasteiger charge is -2.38. The molecule has 6 nitrogen and oxygen atoms in total. The summed E-state index contributed by atoms with van der Waals surface area (Å²) in [4.78, 5) is 28.0. The minimum absolute atomic E-state index is 0.0436. The Kier molecular flexibility index (Phi) is 6.20. The van der Waals surface area contributed by atoms with Crippen LogP contribution in [0.2, 0.25) is 0 Å². The summed E-state index contributed by atoms with van der Waals surface area (Å²) >= 11 is 0. The van der Waals surface area contributed by atoms with E-state index in [0.717, 1.165) is 25.9 Å². The van der Waals surface area contributed by atoms with Crippen molar-refractivity contribution in [2.24, 2.45) is 0 Å². The van der Waals surface area contributed by atoms with Gasteiger partial charge in [-0.15, -0.1) is 0 Å². The van der Waals surface area contributed by atoms with Gasteiger partial charge in [-0.25, -0.2) is 0 Å². The molecule has 0 radical (unpaired) electrons. The van der Waals surface area contributed by atoms with Gasteiger partial charge in [-0.05, 0) is 31.9 Å². The van der Waals surface area contributed by atoms with Gasteiger partial charge in [-0.2, -0.15) is 0 Å². The van der Waals surface area contributed by atoms with Crippen LogP contribution in [0.4, 0.5) is 5.69 Å². The highest BCUT2D eigenvalue weighted by atomic mass is 16.5. The number of nitrogens with one attached hydrogen (secondary N) is 1. The summed E-state index contributed by atoms with van der Waals surface area (Å²) in [5.74, 6) is 0.702. The molecule has 0 aromatic heterocycles. The van der Waals surface area contributed by atoms with E-state index in [2.05, 4.69) is 10.2 Å². The standard InChI is InChI=1S/C18H27N3O3/c1-13(18(23)19-16-7-5-6-8-17(16)24-4)21-11-9-15(10-12-21)20(3)14(2)22/h5-8,13,15H,9-12H2,1-4H3,(H,19,23). The molecular weight excluding hydrogens is 306 g/mol. The zero-order valence-electron chi connectivity index (χ0n) is 14.9. The minimum atomic E-state index is -0.224. The fraction of sp³-hybridized carbons (Fsp3) is 0.556. The first kappa shape index (κ1) is 18.3. The molecule has 1 atom stereocenters. The van der Waals surface area contributed by atoms with E-state index in [1.54, 1.807) is 18.9 Å². The van der Waals surface area contributed by atoms with Crippen LogP contribution < -0.4 is 10.1 Å². The van der Waals surface area contributed by atoms with Crippen LogP contribution in [0.3, 0.4) is 0 Å². The summed E-state index contributed by atoms with van der Waals surface area (Å²) in [6, 6.07) is 7.43. The molecule has 0 aliphatic carbocycles. The SMILES string of the molecule is COc1ccccc1NC(=O)C(C)N1CCC(N(C)C(C)=O)CC1. The maximum absolute atomic E-state index is 12.5. The third kappa shape index (κ3) is 4.26. The molecule has 1 N–H and O–H groups in total. The van der Waals surface area contributed by atoms with E-state index >= 15 is 0 Å². The quantitative estimate of drug-likeness (QED) is 0.895. The molecule has 1 aromatic rings. The van der Waals surface area contributed by atoms with Gasteiger partial charge >= 0.3 is 0 Å². The lowest BCUT2D eigenvalue weighted by atomic mass is 10.0. The maximum Gasteiger partial charge on any atom is 0.241 e. The summed E-state index contributed by atoms with van der Waals surface area (Å²) in [6.45, 7) is 5.13. The van der Waals surface area contributed by atoms with Crippen LogP contribution in [0.15, 0.2) is 24.3 Å². The zero-order chi connectivity index (χ0) is 17.7. The van der Waals surface area contributed by atoms with Crippen molar-refractivity contribution >= 4 is 17.5 Å². The zero-order valence-corrected chi connectivity index (χ0v) is 14.9. The fourth-order valence-electron chi connectivity index (χ4n) is 3.07. The molecule has 1 saturated heterocycles. The van der Waals surface area contributed by atoms with Crippen molar-refractivity contribution in [2.75, 3.05) is 32.6 Å². The highest BCUT2D eigenvalue weighted by molar-refractivity contribution is 5.95. The Hall–Kier alpha value is -2.08. The second-order valence-electron chi connectivity index (χ2n) is 6.26. The molecule has 1 heterocycles. The van der Waals surface area contributed by atoms with Crippen molar-refractivity contribution in [2.45, 2.75) is 38.8 Å². The number of hydrogen-bond acceptors (Lipinski definition) is 4. The van der Waals surface area contributed by atoms with Crippen LogP contribution in [-0.2, 0) is 9.59 Å². The number of rotatable bonds is 5. The number of methoxy groups -OCH3 is 1. The number of piperidine rings is 1. The summed E-state index contributed by atoms with van der Waals surface area (Å²) in [5.41, 5.74) is 0.683. The van der Waals surface area contributed by atoms with Crippen LogP contribution in [-0.4, -0.2) is 60.9 Å². The Morgan fingerprint density at radius 2 is 1.92 bits per heavy atom. The number of benzene rings is 1. The van der Waals surface area contributed by atoms with E-state index < -0.39 is 0 Å². The van der Waals surface area contributed by atoms with Crippen LogP contribution in [0, 0.1) is 0 Å². The number of ether oxygens (including phenoxy) is 1. The maximum atomic E-state index is 12.5. The molecule has 1 aliphatic rings. The lowest BCUT2D eigenvalue weighted by Crippen LogP contribution is -2.50. The van der Waals surface area contributed by atoms with Gasteiger partial charge in [0.2, 0.25) is 11.8 Å². The smallest absolute Gasteiger partial charge is 0.241 e. The molecule has 1 fully saturated rings. The van der Waals surface area contributed by atoms with Crippen LogP contribution >= 0.6 is 0 Å². The molecule has 1 unspecified atom stereocenters. The van der Waals surface area contributed by atoms with Crippen molar-refractivity contribution in [1.29, 1.82) is 0 Å². The van der Waals surface area contributed by atoms with Gasteiger partial charge < -0.3 is 15.0 Å². The average Bonchev–Trinajstić information content (AvgIpc) is 2.60. The molecule has 0 bridgehead atoms. The number of hydrogen-bond donors (Lipinski definition) is 1. The molecule has 0 spiro atoms. The second-order valence-corrected chi connectivity index (χ2v) is 6.26. The predicted octanol–water partition coefficient (Wildman–Crippen LogP) is 1.96. The van der Waals surface area contributed by atoms with Gasteiger partial charge in [-0.1, -0.05) is 12.1 Å². The van der Waals surface area contributed by atoms with Gasteiger partial charge in [-0.3, -0.25) is 14.5 Å². The van der Waals surface area contributed by atoms with Crippen molar-refractivity contribution in [3.05, 3.63) is 24.3 Å². The Balaban J connectivity index is 1.91. The summed E-state index contributed by atoms with van der Waals surface area (Å²) in [7, 11) is 3.44. The molecule has 132 valence electrons. The predicted molar refractivity (Wildman–Crippen MR) is 94.1 cm³/mol. The third-order valence-electron chi connectivity index (χ3n) is 4.84. The molecule has 1 aliphatic heterocycles. The lowest BCUT2D eigenvalue weighted by molar-refractivity contribution is -0.131. The van der Waals surface area contributed by atoms with Crippen molar-refractivity contribution in [3.8, 4) is 5.75 Å². The van der Waals surface area contributed by atoms with E-state index in [9.17, 15) is 9.59 Å². The largest absolute Gasteiger partial charge is 0.495 e. The average molecular weight is 333 g/mol. The molecule has 24 heavy (non-hydrogen) atoms. The van der Waals surface area contributed by atoms with Gasteiger partial charge in [0.1, 0.15) is 5.75 Å². The van der Waals surface area contributed by atoms with E-state index in [4.69, 9.17) is 4.74 Å². The minimum Gasteiger partial charge on any atom is -0.495 e. The highest BCUT2D eigenvalue weighted by Gasteiger charge is 2.29. The molecule has 1 aromatic carbocycles. The van der Waals surface area contributed by atoms with E-state index in [1.165, 1.54) is 0 Å².